The fourth-order valence-electron chi connectivity index (χ4n) is 2.45. The van der Waals surface area contributed by atoms with Gasteiger partial charge in [0.25, 0.3) is 5.91 Å². The minimum absolute atomic E-state index is 0.00184. The standard InChI is InChI=1S/C18H23BrN2O4/c1-5-7-21-17(22)14(20-18(21)23)9-12-8-13(19)16(25-11(3)4)15(10-12)24-6-2/h8-11H,5-7H2,1-4H3,(H,20,23)/b14-9+. The van der Waals surface area contributed by atoms with E-state index < -0.39 is 0 Å². The molecule has 0 spiro atoms. The Hall–Kier alpha value is -2.02. The van der Waals surface area contributed by atoms with Crippen LogP contribution in [0.5, 0.6) is 11.5 Å². The van der Waals surface area contributed by atoms with E-state index in [1.54, 1.807) is 12.1 Å². The van der Waals surface area contributed by atoms with Gasteiger partial charge in [-0.2, -0.15) is 0 Å². The molecule has 1 aromatic rings. The Morgan fingerprint density at radius 2 is 2.00 bits per heavy atom. The largest absolute Gasteiger partial charge is 0.490 e. The highest BCUT2D eigenvalue weighted by Crippen LogP contribution is 2.38. The summed E-state index contributed by atoms with van der Waals surface area (Å²) in [6.45, 7) is 8.57. The first kappa shape index (κ1) is 19.3. The maximum absolute atomic E-state index is 12.3. The van der Waals surface area contributed by atoms with E-state index in [1.165, 1.54) is 4.90 Å². The van der Waals surface area contributed by atoms with Crippen LogP contribution in [0.3, 0.4) is 0 Å². The van der Waals surface area contributed by atoms with Crippen LogP contribution >= 0.6 is 15.9 Å². The summed E-state index contributed by atoms with van der Waals surface area (Å²) in [5.74, 6) is 0.886. The summed E-state index contributed by atoms with van der Waals surface area (Å²) < 4.78 is 12.2. The fraction of sp³-hybridized carbons (Fsp3) is 0.444. The van der Waals surface area contributed by atoms with Gasteiger partial charge < -0.3 is 14.8 Å². The molecule has 25 heavy (non-hydrogen) atoms. The SMILES string of the molecule is CCCN1C(=O)N/C(=C/c2cc(Br)c(OC(C)C)c(OCC)c2)C1=O. The number of urea groups is 1. The zero-order valence-corrected chi connectivity index (χ0v) is 16.5. The van der Waals surface area contributed by atoms with Gasteiger partial charge in [-0.25, -0.2) is 4.79 Å². The Labute approximate surface area is 156 Å². The third-order valence-electron chi connectivity index (χ3n) is 3.41. The average molecular weight is 411 g/mol. The zero-order valence-electron chi connectivity index (χ0n) is 14.9. The van der Waals surface area contributed by atoms with Crippen LogP contribution in [0.1, 0.15) is 39.7 Å². The number of benzene rings is 1. The lowest BCUT2D eigenvalue weighted by atomic mass is 10.1. The van der Waals surface area contributed by atoms with Gasteiger partial charge in [0.15, 0.2) is 11.5 Å². The van der Waals surface area contributed by atoms with Gasteiger partial charge in [-0.05, 0) is 66.9 Å². The van der Waals surface area contributed by atoms with E-state index in [4.69, 9.17) is 9.47 Å². The molecule has 6 nitrogen and oxygen atoms in total. The van der Waals surface area contributed by atoms with Crippen molar-refractivity contribution in [1.82, 2.24) is 10.2 Å². The van der Waals surface area contributed by atoms with Crippen molar-refractivity contribution in [2.45, 2.75) is 40.2 Å². The van der Waals surface area contributed by atoms with Crippen LogP contribution in [0.15, 0.2) is 22.3 Å². The van der Waals surface area contributed by atoms with Gasteiger partial charge >= 0.3 is 6.03 Å². The average Bonchev–Trinajstić information content (AvgIpc) is 2.79. The fourth-order valence-corrected chi connectivity index (χ4v) is 3.00. The number of nitrogens with zero attached hydrogens (tertiary/aromatic N) is 1. The van der Waals surface area contributed by atoms with Gasteiger partial charge in [0.2, 0.25) is 0 Å². The van der Waals surface area contributed by atoms with E-state index in [0.29, 0.717) is 31.1 Å². The number of carbonyl (C=O) groups is 2. The van der Waals surface area contributed by atoms with Gasteiger partial charge in [-0.3, -0.25) is 9.69 Å². The molecule has 0 radical (unpaired) electrons. The summed E-state index contributed by atoms with van der Waals surface area (Å²) in [5.41, 5.74) is 0.985. The topological polar surface area (TPSA) is 67.9 Å². The molecule has 0 aromatic heterocycles. The molecule has 0 bridgehead atoms. The van der Waals surface area contributed by atoms with Crippen molar-refractivity contribution < 1.29 is 19.1 Å². The maximum Gasteiger partial charge on any atom is 0.329 e. The predicted molar refractivity (Wildman–Crippen MR) is 99.6 cm³/mol. The molecule has 1 saturated heterocycles. The van der Waals surface area contributed by atoms with Gasteiger partial charge in [-0.1, -0.05) is 6.92 Å². The number of rotatable bonds is 7. The normalized spacial score (nSPS) is 15.9. The van der Waals surface area contributed by atoms with E-state index in [-0.39, 0.29) is 23.7 Å². The highest BCUT2D eigenvalue weighted by Gasteiger charge is 2.32. The van der Waals surface area contributed by atoms with Gasteiger partial charge in [0.05, 0.1) is 17.2 Å². The summed E-state index contributed by atoms with van der Waals surface area (Å²) in [6.07, 6.45) is 2.36. The Morgan fingerprint density at radius 1 is 1.28 bits per heavy atom. The molecule has 1 aromatic carbocycles. The minimum atomic E-state index is -0.387. The van der Waals surface area contributed by atoms with Crippen LogP contribution in [0.25, 0.3) is 6.08 Å². The van der Waals surface area contributed by atoms with Crippen LogP contribution in [0.2, 0.25) is 0 Å². The highest BCUT2D eigenvalue weighted by atomic mass is 79.9. The number of amides is 3. The monoisotopic (exact) mass is 410 g/mol. The molecule has 0 aliphatic carbocycles. The maximum atomic E-state index is 12.3. The molecule has 1 fully saturated rings. The van der Waals surface area contributed by atoms with Crippen LogP contribution in [-0.2, 0) is 4.79 Å². The molecule has 0 unspecified atom stereocenters. The Kier molecular flexibility index (Phi) is 6.47. The first-order valence-electron chi connectivity index (χ1n) is 8.34. The second-order valence-electron chi connectivity index (χ2n) is 5.87. The van der Waals surface area contributed by atoms with Gasteiger partial charge in [-0.15, -0.1) is 0 Å². The predicted octanol–water partition coefficient (Wildman–Crippen LogP) is 3.94. The summed E-state index contributed by atoms with van der Waals surface area (Å²) in [7, 11) is 0. The smallest absolute Gasteiger partial charge is 0.329 e. The van der Waals surface area contributed by atoms with Crippen molar-refractivity contribution in [2.24, 2.45) is 0 Å². The van der Waals surface area contributed by atoms with E-state index in [1.807, 2.05) is 33.8 Å². The molecule has 3 amide bonds. The quantitative estimate of drug-likeness (QED) is 0.545. The second-order valence-corrected chi connectivity index (χ2v) is 6.73. The third kappa shape index (κ3) is 4.54. The van der Waals surface area contributed by atoms with Crippen LogP contribution in [0.4, 0.5) is 4.79 Å². The number of ether oxygens (including phenoxy) is 2. The number of halogens is 1. The Balaban J connectivity index is 2.37. The summed E-state index contributed by atoms with van der Waals surface area (Å²) in [4.78, 5) is 25.4. The number of imide groups is 1. The summed E-state index contributed by atoms with van der Waals surface area (Å²) >= 11 is 3.49. The molecule has 136 valence electrons. The molecule has 0 saturated carbocycles. The van der Waals surface area contributed by atoms with Crippen molar-refractivity contribution in [3.8, 4) is 11.5 Å². The lowest BCUT2D eigenvalue weighted by Gasteiger charge is -2.17. The molecular weight excluding hydrogens is 388 g/mol. The van der Waals surface area contributed by atoms with Crippen LogP contribution < -0.4 is 14.8 Å². The lowest BCUT2D eigenvalue weighted by Crippen LogP contribution is -2.31. The number of hydrogen-bond donors (Lipinski definition) is 1. The number of hydrogen-bond acceptors (Lipinski definition) is 4. The van der Waals surface area contributed by atoms with E-state index in [9.17, 15) is 9.59 Å². The Morgan fingerprint density at radius 3 is 2.60 bits per heavy atom. The molecule has 1 aliphatic rings. The summed E-state index contributed by atoms with van der Waals surface area (Å²) in [6, 6.07) is 3.23. The van der Waals surface area contributed by atoms with E-state index >= 15 is 0 Å². The highest BCUT2D eigenvalue weighted by molar-refractivity contribution is 9.10. The zero-order chi connectivity index (χ0) is 18.6. The number of carbonyl (C=O) groups excluding carboxylic acids is 2. The third-order valence-corrected chi connectivity index (χ3v) is 3.99. The van der Waals surface area contributed by atoms with Crippen molar-refractivity contribution in [2.75, 3.05) is 13.2 Å². The van der Waals surface area contributed by atoms with E-state index in [0.717, 1.165) is 10.0 Å². The molecule has 2 rings (SSSR count). The van der Waals surface area contributed by atoms with Crippen LogP contribution in [-0.4, -0.2) is 36.1 Å². The minimum Gasteiger partial charge on any atom is -0.490 e. The number of nitrogens with one attached hydrogen (secondary N) is 1. The van der Waals surface area contributed by atoms with Crippen LogP contribution in [0, 0.1) is 0 Å². The molecule has 1 aliphatic heterocycles. The first-order valence-corrected chi connectivity index (χ1v) is 9.14. The molecular formula is C18H23BrN2O4. The summed E-state index contributed by atoms with van der Waals surface area (Å²) in [5, 5.41) is 2.62. The van der Waals surface area contributed by atoms with E-state index in [2.05, 4.69) is 21.2 Å². The molecule has 0 atom stereocenters. The Bertz CT molecular complexity index is 701. The molecule has 1 heterocycles. The first-order chi connectivity index (χ1) is 11.9. The van der Waals surface area contributed by atoms with Crippen molar-refractivity contribution in [3.05, 3.63) is 27.9 Å². The molecule has 1 N–H and O–H groups in total. The lowest BCUT2D eigenvalue weighted by molar-refractivity contribution is -0.122. The van der Waals surface area contributed by atoms with Crippen molar-refractivity contribution in [3.63, 3.8) is 0 Å². The second kappa shape index (κ2) is 8.38. The van der Waals surface area contributed by atoms with Gasteiger partial charge in [0.1, 0.15) is 5.70 Å². The molecule has 7 heteroatoms. The van der Waals surface area contributed by atoms with Gasteiger partial charge in [0, 0.05) is 6.54 Å². The van der Waals surface area contributed by atoms with Crippen molar-refractivity contribution >= 4 is 33.9 Å². The van der Waals surface area contributed by atoms with Crippen molar-refractivity contribution in [1.29, 1.82) is 0 Å².